The van der Waals surface area contributed by atoms with Crippen molar-refractivity contribution in [1.82, 2.24) is 14.8 Å². The van der Waals surface area contributed by atoms with Gasteiger partial charge < -0.3 is 9.84 Å². The van der Waals surface area contributed by atoms with Crippen molar-refractivity contribution in [3.05, 3.63) is 72.2 Å². The molecule has 0 aliphatic heterocycles. The van der Waals surface area contributed by atoms with Gasteiger partial charge in [-0.2, -0.15) is 5.10 Å². The zero-order valence-electron chi connectivity index (χ0n) is 14.7. The van der Waals surface area contributed by atoms with Gasteiger partial charge in [0, 0.05) is 24.2 Å². The van der Waals surface area contributed by atoms with E-state index in [1.54, 1.807) is 18.6 Å². The van der Waals surface area contributed by atoms with Crippen molar-refractivity contribution < 1.29 is 9.84 Å². The summed E-state index contributed by atoms with van der Waals surface area (Å²) >= 11 is 0. The third-order valence-corrected chi connectivity index (χ3v) is 4.88. The van der Waals surface area contributed by atoms with Crippen LogP contribution in [0.25, 0.3) is 11.3 Å². The molecular weight excluding hydrogens is 326 g/mol. The summed E-state index contributed by atoms with van der Waals surface area (Å²) in [5.74, 6) is 0. The maximum absolute atomic E-state index is 10.5. The molecule has 26 heavy (non-hydrogen) atoms. The van der Waals surface area contributed by atoms with Crippen molar-refractivity contribution in [2.24, 2.45) is 0 Å². The van der Waals surface area contributed by atoms with Crippen LogP contribution in [0.15, 0.2) is 61.1 Å². The van der Waals surface area contributed by atoms with Crippen LogP contribution in [0, 0.1) is 0 Å². The van der Waals surface area contributed by atoms with Gasteiger partial charge in [-0.3, -0.25) is 9.67 Å². The van der Waals surface area contributed by atoms with Crippen LogP contribution in [0.1, 0.15) is 30.1 Å². The fourth-order valence-corrected chi connectivity index (χ4v) is 3.61. The third kappa shape index (κ3) is 3.69. The topological polar surface area (TPSA) is 60.2 Å². The number of benzene rings is 1. The molecule has 0 fully saturated rings. The van der Waals surface area contributed by atoms with Gasteiger partial charge in [-0.25, -0.2) is 0 Å². The molecule has 0 radical (unpaired) electrons. The van der Waals surface area contributed by atoms with Gasteiger partial charge in [-0.15, -0.1) is 0 Å². The molecule has 1 aromatic carbocycles. The average molecular weight is 349 g/mol. The predicted octanol–water partition coefficient (Wildman–Crippen LogP) is 3.40. The molecule has 5 heteroatoms. The lowest BCUT2D eigenvalue weighted by Gasteiger charge is -2.26. The highest BCUT2D eigenvalue weighted by Crippen LogP contribution is 2.32. The largest absolute Gasteiger partial charge is 0.389 e. The van der Waals surface area contributed by atoms with Crippen LogP contribution in [-0.4, -0.2) is 32.6 Å². The number of nitrogens with zero attached hydrogens (tertiary/aromatic N) is 3. The Morgan fingerprint density at radius 1 is 1.12 bits per heavy atom. The molecule has 1 aliphatic carbocycles. The molecule has 0 saturated carbocycles. The summed E-state index contributed by atoms with van der Waals surface area (Å²) < 4.78 is 7.88. The van der Waals surface area contributed by atoms with E-state index >= 15 is 0 Å². The molecule has 0 spiro atoms. The van der Waals surface area contributed by atoms with Crippen LogP contribution in [0.3, 0.4) is 0 Å². The van der Waals surface area contributed by atoms with Gasteiger partial charge >= 0.3 is 0 Å². The molecule has 0 unspecified atom stereocenters. The SMILES string of the molecule is O[C@@H](CO[C@@H]1CCCc2ccccc21)Cn1nccc1-c1ccncc1. The number of aryl methyl sites for hydroxylation is 1. The minimum Gasteiger partial charge on any atom is -0.389 e. The molecule has 3 aromatic rings. The Morgan fingerprint density at radius 2 is 1.96 bits per heavy atom. The van der Waals surface area contributed by atoms with Gasteiger partial charge in [0.2, 0.25) is 0 Å². The molecule has 0 saturated heterocycles. The Labute approximate surface area is 153 Å². The van der Waals surface area contributed by atoms with Gasteiger partial charge in [0.15, 0.2) is 0 Å². The maximum atomic E-state index is 10.5. The second-order valence-electron chi connectivity index (χ2n) is 6.70. The summed E-state index contributed by atoms with van der Waals surface area (Å²) in [4.78, 5) is 4.05. The lowest BCUT2D eigenvalue weighted by atomic mass is 9.89. The Balaban J connectivity index is 1.39. The van der Waals surface area contributed by atoms with Crippen molar-refractivity contribution in [3.63, 3.8) is 0 Å². The summed E-state index contributed by atoms with van der Waals surface area (Å²) in [5.41, 5.74) is 4.63. The predicted molar refractivity (Wildman–Crippen MR) is 99.5 cm³/mol. The number of aromatic nitrogens is 3. The Bertz CT molecular complexity index is 847. The van der Waals surface area contributed by atoms with Crippen LogP contribution in [0.2, 0.25) is 0 Å². The van der Waals surface area contributed by atoms with E-state index in [4.69, 9.17) is 4.74 Å². The van der Waals surface area contributed by atoms with Crippen LogP contribution in [-0.2, 0) is 17.7 Å². The molecule has 0 amide bonds. The van der Waals surface area contributed by atoms with Crippen LogP contribution >= 0.6 is 0 Å². The average Bonchev–Trinajstić information content (AvgIpc) is 3.15. The van der Waals surface area contributed by atoms with E-state index in [9.17, 15) is 5.11 Å². The van der Waals surface area contributed by atoms with Gasteiger partial charge in [0.25, 0.3) is 0 Å². The first-order chi connectivity index (χ1) is 12.8. The van der Waals surface area contributed by atoms with E-state index in [1.807, 2.05) is 22.9 Å². The minimum atomic E-state index is -0.607. The van der Waals surface area contributed by atoms with Gasteiger partial charge in [-0.05, 0) is 48.6 Å². The number of hydrogen-bond donors (Lipinski definition) is 1. The van der Waals surface area contributed by atoms with E-state index in [-0.39, 0.29) is 6.10 Å². The molecular formula is C21H23N3O2. The third-order valence-electron chi connectivity index (χ3n) is 4.88. The number of pyridine rings is 1. The molecule has 4 rings (SSSR count). The highest BCUT2D eigenvalue weighted by Gasteiger charge is 2.21. The smallest absolute Gasteiger partial charge is 0.0969 e. The molecule has 1 N–H and O–H groups in total. The van der Waals surface area contributed by atoms with Crippen molar-refractivity contribution in [2.45, 2.75) is 38.0 Å². The molecule has 134 valence electrons. The molecule has 2 atom stereocenters. The number of ether oxygens (including phenoxy) is 1. The highest BCUT2D eigenvalue weighted by atomic mass is 16.5. The van der Waals surface area contributed by atoms with Crippen molar-refractivity contribution in [1.29, 1.82) is 0 Å². The number of hydrogen-bond acceptors (Lipinski definition) is 4. The second-order valence-corrected chi connectivity index (χ2v) is 6.70. The number of rotatable bonds is 6. The quantitative estimate of drug-likeness (QED) is 0.741. The lowest BCUT2D eigenvalue weighted by Crippen LogP contribution is -2.25. The van der Waals surface area contributed by atoms with Crippen molar-refractivity contribution in [3.8, 4) is 11.3 Å². The van der Waals surface area contributed by atoms with E-state index in [0.717, 1.165) is 30.5 Å². The van der Waals surface area contributed by atoms with Crippen molar-refractivity contribution >= 4 is 0 Å². The standard InChI is InChI=1S/C21H23N3O2/c25-18(14-24-20(10-13-23-24)17-8-11-22-12-9-17)15-26-21-7-3-5-16-4-1-2-6-19(16)21/h1-2,4,6,8-13,18,21,25H,3,5,7,14-15H2/t18-,21-/m1/s1. The zero-order valence-corrected chi connectivity index (χ0v) is 14.7. The number of fused-ring (bicyclic) bond motifs is 1. The zero-order chi connectivity index (χ0) is 17.8. The van der Waals surface area contributed by atoms with Gasteiger partial charge in [0.1, 0.15) is 0 Å². The molecule has 2 heterocycles. The molecule has 0 bridgehead atoms. The molecule has 1 aliphatic rings. The fourth-order valence-electron chi connectivity index (χ4n) is 3.61. The van der Waals surface area contributed by atoms with Crippen molar-refractivity contribution in [2.75, 3.05) is 6.61 Å². The maximum Gasteiger partial charge on any atom is 0.0969 e. The fraction of sp³-hybridized carbons (Fsp3) is 0.333. The molecule has 5 nitrogen and oxygen atoms in total. The molecule has 2 aromatic heterocycles. The number of aliphatic hydroxyl groups is 1. The monoisotopic (exact) mass is 349 g/mol. The Hall–Kier alpha value is -2.50. The van der Waals surface area contributed by atoms with E-state index in [0.29, 0.717) is 13.2 Å². The Kier molecular flexibility index (Phi) is 5.09. The lowest BCUT2D eigenvalue weighted by molar-refractivity contribution is -0.0234. The van der Waals surface area contributed by atoms with Gasteiger partial charge in [0.05, 0.1) is 31.1 Å². The van der Waals surface area contributed by atoms with Gasteiger partial charge in [-0.1, -0.05) is 24.3 Å². The summed E-state index contributed by atoms with van der Waals surface area (Å²) in [6, 6.07) is 14.3. The number of aliphatic hydroxyl groups excluding tert-OH is 1. The first-order valence-electron chi connectivity index (χ1n) is 9.11. The summed E-state index contributed by atoms with van der Waals surface area (Å²) in [6.07, 6.45) is 7.98. The second kappa shape index (κ2) is 7.81. The normalized spacial score (nSPS) is 17.7. The van der Waals surface area contributed by atoms with E-state index < -0.39 is 6.10 Å². The summed E-state index contributed by atoms with van der Waals surface area (Å²) in [7, 11) is 0. The van der Waals surface area contributed by atoms with Crippen LogP contribution in [0.4, 0.5) is 0 Å². The first-order valence-corrected chi connectivity index (χ1v) is 9.11. The first kappa shape index (κ1) is 16.9. The van der Waals surface area contributed by atoms with Crippen LogP contribution < -0.4 is 0 Å². The van der Waals surface area contributed by atoms with Crippen LogP contribution in [0.5, 0.6) is 0 Å². The minimum absolute atomic E-state index is 0.0758. The summed E-state index contributed by atoms with van der Waals surface area (Å²) in [5, 5.41) is 14.8. The van der Waals surface area contributed by atoms with E-state index in [2.05, 4.69) is 34.3 Å². The summed E-state index contributed by atoms with van der Waals surface area (Å²) in [6.45, 7) is 0.702. The Morgan fingerprint density at radius 3 is 2.85 bits per heavy atom. The van der Waals surface area contributed by atoms with E-state index in [1.165, 1.54) is 11.1 Å². The highest BCUT2D eigenvalue weighted by molar-refractivity contribution is 5.58.